The highest BCUT2D eigenvalue weighted by molar-refractivity contribution is 6.32. The van der Waals surface area contributed by atoms with Gasteiger partial charge in [-0.2, -0.15) is 0 Å². The Hall–Kier alpha value is -2.86. The van der Waals surface area contributed by atoms with E-state index in [1.54, 1.807) is 12.1 Å². The summed E-state index contributed by atoms with van der Waals surface area (Å²) in [6.07, 6.45) is 1.69. The summed E-state index contributed by atoms with van der Waals surface area (Å²) in [5, 5.41) is 11.7. The molecule has 3 rings (SSSR count). The van der Waals surface area contributed by atoms with E-state index in [4.69, 9.17) is 20.8 Å². The van der Waals surface area contributed by atoms with Crippen LogP contribution in [0, 0.1) is 10.1 Å². The number of non-ortho nitro benzene ring substituents is 1. The van der Waals surface area contributed by atoms with Gasteiger partial charge in [0.2, 0.25) is 0 Å². The Bertz CT molecular complexity index is 1010. The average molecular weight is 360 g/mol. The molecule has 3 aromatic rings. The lowest BCUT2D eigenvalue weighted by Crippen LogP contribution is -2.00. The number of nitrogens with zero attached hydrogens (tertiary/aromatic N) is 1. The van der Waals surface area contributed by atoms with Crippen molar-refractivity contribution in [1.82, 2.24) is 0 Å². The van der Waals surface area contributed by atoms with Gasteiger partial charge in [0.25, 0.3) is 5.69 Å². The molecule has 0 atom stereocenters. The summed E-state index contributed by atoms with van der Waals surface area (Å²) in [4.78, 5) is 21.9. The lowest BCUT2D eigenvalue weighted by Gasteiger charge is -2.09. The number of fused-ring (bicyclic) bond motifs is 1. The van der Waals surface area contributed by atoms with E-state index in [-0.39, 0.29) is 16.5 Å². The van der Waals surface area contributed by atoms with Crippen LogP contribution >= 0.6 is 11.6 Å². The Kier molecular flexibility index (Phi) is 4.72. The second kappa shape index (κ2) is 6.94. The van der Waals surface area contributed by atoms with E-state index in [1.807, 2.05) is 13.0 Å². The number of halogens is 1. The lowest BCUT2D eigenvalue weighted by molar-refractivity contribution is -0.384. The molecule has 0 unspecified atom stereocenters. The molecule has 0 fully saturated rings. The maximum atomic E-state index is 11.7. The number of hydrogen-bond acceptors (Lipinski definition) is 5. The first-order valence-corrected chi connectivity index (χ1v) is 8.04. The van der Waals surface area contributed by atoms with Crippen molar-refractivity contribution in [3.8, 4) is 11.5 Å². The molecule has 1 heterocycles. The SMILES string of the molecule is CCCc1cc(=O)oc2cc(Oc3ccc([N+](=O)[O-])cc3Cl)ccc12. The van der Waals surface area contributed by atoms with Crippen molar-refractivity contribution in [3.05, 3.63) is 73.6 Å². The van der Waals surface area contributed by atoms with E-state index >= 15 is 0 Å². The molecule has 0 aliphatic carbocycles. The normalized spacial score (nSPS) is 10.8. The molecule has 25 heavy (non-hydrogen) atoms. The van der Waals surface area contributed by atoms with E-state index in [2.05, 4.69) is 0 Å². The van der Waals surface area contributed by atoms with Gasteiger partial charge in [0.1, 0.15) is 17.1 Å². The third kappa shape index (κ3) is 3.64. The van der Waals surface area contributed by atoms with E-state index in [0.29, 0.717) is 11.3 Å². The molecule has 0 amide bonds. The first-order chi connectivity index (χ1) is 12.0. The summed E-state index contributed by atoms with van der Waals surface area (Å²) in [6, 6.07) is 10.6. The maximum Gasteiger partial charge on any atom is 0.336 e. The van der Waals surface area contributed by atoms with E-state index in [1.165, 1.54) is 24.3 Å². The molecule has 7 heteroatoms. The highest BCUT2D eigenvalue weighted by atomic mass is 35.5. The molecule has 0 spiro atoms. The van der Waals surface area contributed by atoms with Gasteiger partial charge in [-0.05, 0) is 30.2 Å². The second-order valence-corrected chi connectivity index (χ2v) is 5.88. The highest BCUT2D eigenvalue weighted by Crippen LogP contribution is 2.33. The van der Waals surface area contributed by atoms with Crippen LogP contribution in [0.4, 0.5) is 5.69 Å². The Labute approximate surface area is 147 Å². The number of ether oxygens (including phenoxy) is 1. The molecule has 128 valence electrons. The molecule has 2 aromatic carbocycles. The van der Waals surface area contributed by atoms with Crippen LogP contribution in [0.5, 0.6) is 11.5 Å². The smallest absolute Gasteiger partial charge is 0.336 e. The summed E-state index contributed by atoms with van der Waals surface area (Å²) in [5.41, 5.74) is 0.813. The standard InChI is InChI=1S/C18H14ClNO5/c1-2-3-11-8-18(21)25-17-10-13(5-6-14(11)17)24-16-7-4-12(20(22)23)9-15(16)19/h4-10H,2-3H2,1H3. The van der Waals surface area contributed by atoms with Crippen LogP contribution < -0.4 is 10.4 Å². The zero-order chi connectivity index (χ0) is 18.0. The molecule has 1 aromatic heterocycles. The largest absolute Gasteiger partial charge is 0.456 e. The van der Waals surface area contributed by atoms with Gasteiger partial charge in [-0.3, -0.25) is 10.1 Å². The number of nitro benzene ring substituents is 1. The van der Waals surface area contributed by atoms with Gasteiger partial charge in [0, 0.05) is 29.7 Å². The van der Waals surface area contributed by atoms with Crippen molar-refractivity contribution < 1.29 is 14.1 Å². The molecule has 0 saturated carbocycles. The molecular weight excluding hydrogens is 346 g/mol. The molecule has 0 aliphatic rings. The van der Waals surface area contributed by atoms with Crippen LogP contribution in [-0.2, 0) is 6.42 Å². The third-order valence-corrected chi connectivity index (χ3v) is 3.97. The molecule has 0 N–H and O–H groups in total. The van der Waals surface area contributed by atoms with Crippen LogP contribution in [0.25, 0.3) is 11.0 Å². The summed E-state index contributed by atoms with van der Waals surface area (Å²) in [5.74, 6) is 0.693. The Morgan fingerprint density at radius 2 is 2.00 bits per heavy atom. The predicted octanol–water partition coefficient (Wildman–Crippen LogP) is 5.10. The predicted molar refractivity (Wildman–Crippen MR) is 94.7 cm³/mol. The van der Waals surface area contributed by atoms with Crippen molar-refractivity contribution in [2.45, 2.75) is 19.8 Å². The summed E-state index contributed by atoms with van der Waals surface area (Å²) >= 11 is 6.03. The minimum Gasteiger partial charge on any atom is -0.456 e. The fourth-order valence-corrected chi connectivity index (χ4v) is 2.78. The van der Waals surface area contributed by atoms with Gasteiger partial charge in [-0.1, -0.05) is 24.9 Å². The van der Waals surface area contributed by atoms with E-state index in [0.717, 1.165) is 23.8 Å². The summed E-state index contributed by atoms with van der Waals surface area (Å²) in [7, 11) is 0. The van der Waals surface area contributed by atoms with Crippen molar-refractivity contribution in [2.75, 3.05) is 0 Å². The second-order valence-electron chi connectivity index (χ2n) is 5.47. The maximum absolute atomic E-state index is 11.7. The minimum atomic E-state index is -0.532. The van der Waals surface area contributed by atoms with Crippen molar-refractivity contribution in [1.29, 1.82) is 0 Å². The number of hydrogen-bond donors (Lipinski definition) is 0. The number of nitro groups is 1. The Morgan fingerprint density at radius 3 is 2.68 bits per heavy atom. The molecule has 0 radical (unpaired) electrons. The summed E-state index contributed by atoms with van der Waals surface area (Å²) < 4.78 is 10.9. The van der Waals surface area contributed by atoms with Gasteiger partial charge in [-0.25, -0.2) is 4.79 Å². The highest BCUT2D eigenvalue weighted by Gasteiger charge is 2.12. The first kappa shape index (κ1) is 17.0. The van der Waals surface area contributed by atoms with Crippen LogP contribution in [0.15, 0.2) is 51.7 Å². The van der Waals surface area contributed by atoms with Gasteiger partial charge < -0.3 is 9.15 Å². The minimum absolute atomic E-state index is 0.119. The van der Waals surface area contributed by atoms with Gasteiger partial charge in [0.05, 0.1) is 9.95 Å². The number of rotatable bonds is 5. The Balaban J connectivity index is 1.97. The van der Waals surface area contributed by atoms with Crippen LogP contribution in [0.1, 0.15) is 18.9 Å². The lowest BCUT2D eigenvalue weighted by atomic mass is 10.1. The van der Waals surface area contributed by atoms with Crippen LogP contribution in [0.3, 0.4) is 0 Å². The molecule has 6 nitrogen and oxygen atoms in total. The van der Waals surface area contributed by atoms with Crippen molar-refractivity contribution in [2.24, 2.45) is 0 Å². The van der Waals surface area contributed by atoms with Crippen molar-refractivity contribution in [3.63, 3.8) is 0 Å². The summed E-state index contributed by atoms with van der Waals surface area (Å²) in [6.45, 7) is 2.04. The topological polar surface area (TPSA) is 82.6 Å². The van der Waals surface area contributed by atoms with E-state index in [9.17, 15) is 14.9 Å². The monoisotopic (exact) mass is 359 g/mol. The first-order valence-electron chi connectivity index (χ1n) is 7.66. The van der Waals surface area contributed by atoms with E-state index < -0.39 is 10.5 Å². The zero-order valence-corrected chi connectivity index (χ0v) is 14.1. The molecule has 0 aliphatic heterocycles. The quantitative estimate of drug-likeness (QED) is 0.359. The van der Waals surface area contributed by atoms with Crippen LogP contribution in [0.2, 0.25) is 5.02 Å². The third-order valence-electron chi connectivity index (χ3n) is 3.68. The molecule has 0 bridgehead atoms. The van der Waals surface area contributed by atoms with Crippen molar-refractivity contribution >= 4 is 28.3 Å². The fraction of sp³-hybridized carbons (Fsp3) is 0.167. The Morgan fingerprint density at radius 1 is 1.20 bits per heavy atom. The number of aryl methyl sites for hydroxylation is 1. The fourth-order valence-electron chi connectivity index (χ4n) is 2.56. The molecule has 0 saturated heterocycles. The van der Waals surface area contributed by atoms with Gasteiger partial charge in [-0.15, -0.1) is 0 Å². The average Bonchev–Trinajstić information content (AvgIpc) is 2.56. The van der Waals surface area contributed by atoms with Gasteiger partial charge >= 0.3 is 5.63 Å². The van der Waals surface area contributed by atoms with Crippen LogP contribution in [-0.4, -0.2) is 4.92 Å². The van der Waals surface area contributed by atoms with Gasteiger partial charge in [0.15, 0.2) is 0 Å². The zero-order valence-electron chi connectivity index (χ0n) is 13.3. The number of benzene rings is 2. The molecular formula is C18H14ClNO5.